The summed E-state index contributed by atoms with van der Waals surface area (Å²) in [5.74, 6) is 0.866. The Morgan fingerprint density at radius 3 is 2.47 bits per heavy atom. The summed E-state index contributed by atoms with van der Waals surface area (Å²) in [6.45, 7) is 6.38. The van der Waals surface area contributed by atoms with E-state index in [0.29, 0.717) is 29.0 Å². The molecule has 6 heteroatoms. The molecule has 0 saturated carbocycles. The second-order valence-electron chi connectivity index (χ2n) is 7.87. The third-order valence-electron chi connectivity index (χ3n) is 5.89. The lowest BCUT2D eigenvalue weighted by molar-refractivity contribution is 0.0970. The number of aromatic nitrogens is 1. The number of rotatable bonds is 4. The summed E-state index contributed by atoms with van der Waals surface area (Å²) in [5.41, 5.74) is 3.32. The summed E-state index contributed by atoms with van der Waals surface area (Å²) in [6, 6.07) is 15.8. The monoisotopic (exact) mass is 426 g/mol. The van der Waals surface area contributed by atoms with E-state index in [2.05, 4.69) is 4.98 Å². The molecule has 0 aliphatic carbocycles. The molecule has 1 aliphatic rings. The van der Waals surface area contributed by atoms with Gasteiger partial charge >= 0.3 is 0 Å². The molecular weight excluding hydrogens is 404 g/mol. The Kier molecular flexibility index (Phi) is 4.78. The number of aryl methyl sites for hydroxylation is 2. The van der Waals surface area contributed by atoms with Crippen molar-refractivity contribution in [1.82, 2.24) is 4.98 Å². The zero-order valence-corrected chi connectivity index (χ0v) is 18.1. The zero-order valence-electron chi connectivity index (χ0n) is 18.1. The third kappa shape index (κ3) is 3.07. The summed E-state index contributed by atoms with van der Waals surface area (Å²) in [4.78, 5) is 33.1. The summed E-state index contributed by atoms with van der Waals surface area (Å²) < 4.78 is 11.6. The van der Waals surface area contributed by atoms with Gasteiger partial charge in [-0.2, -0.15) is 0 Å². The highest BCUT2D eigenvalue weighted by Crippen LogP contribution is 2.41. The van der Waals surface area contributed by atoms with Gasteiger partial charge in [-0.3, -0.25) is 14.5 Å². The smallest absolute Gasteiger partial charge is 0.296 e. The number of benzene rings is 2. The first-order valence-electron chi connectivity index (χ1n) is 10.5. The number of carbonyl (C=O) groups excluding carboxylic acids is 1. The number of ether oxygens (including phenoxy) is 1. The number of fused-ring (bicyclic) bond motifs is 2. The van der Waals surface area contributed by atoms with Gasteiger partial charge in [-0.1, -0.05) is 18.2 Å². The molecule has 6 nitrogen and oxygen atoms in total. The molecule has 1 atom stereocenters. The molecule has 0 saturated heterocycles. The number of pyridine rings is 1. The predicted molar refractivity (Wildman–Crippen MR) is 122 cm³/mol. The van der Waals surface area contributed by atoms with Crippen LogP contribution < -0.4 is 15.1 Å². The van der Waals surface area contributed by atoms with Crippen molar-refractivity contribution in [2.24, 2.45) is 0 Å². The molecule has 32 heavy (non-hydrogen) atoms. The van der Waals surface area contributed by atoms with Gasteiger partial charge in [0.15, 0.2) is 5.43 Å². The lowest BCUT2D eigenvalue weighted by atomic mass is 9.97. The minimum Gasteiger partial charge on any atom is -0.494 e. The van der Waals surface area contributed by atoms with Crippen LogP contribution in [0.5, 0.6) is 5.75 Å². The van der Waals surface area contributed by atoms with Crippen molar-refractivity contribution in [1.29, 1.82) is 0 Å². The van der Waals surface area contributed by atoms with Crippen LogP contribution in [0.3, 0.4) is 0 Å². The van der Waals surface area contributed by atoms with E-state index in [-0.39, 0.29) is 17.1 Å². The summed E-state index contributed by atoms with van der Waals surface area (Å²) in [7, 11) is 0. The molecule has 2 aromatic heterocycles. The normalized spacial score (nSPS) is 15.3. The van der Waals surface area contributed by atoms with Crippen LogP contribution in [-0.4, -0.2) is 17.5 Å². The van der Waals surface area contributed by atoms with E-state index in [0.717, 1.165) is 22.4 Å². The maximum absolute atomic E-state index is 13.7. The first kappa shape index (κ1) is 20.0. The Hall–Kier alpha value is -3.93. The first-order chi connectivity index (χ1) is 15.5. The fourth-order valence-electron chi connectivity index (χ4n) is 4.19. The molecule has 2 aromatic carbocycles. The second-order valence-corrected chi connectivity index (χ2v) is 7.87. The number of hydrogen-bond acceptors (Lipinski definition) is 5. The van der Waals surface area contributed by atoms with Crippen LogP contribution in [0.2, 0.25) is 0 Å². The van der Waals surface area contributed by atoms with E-state index in [1.165, 1.54) is 4.90 Å². The maximum Gasteiger partial charge on any atom is 0.296 e. The number of anilines is 1. The van der Waals surface area contributed by atoms with Gasteiger partial charge in [0.1, 0.15) is 17.2 Å². The van der Waals surface area contributed by atoms with Gasteiger partial charge in [0.2, 0.25) is 5.76 Å². The van der Waals surface area contributed by atoms with Crippen molar-refractivity contribution in [3.63, 3.8) is 0 Å². The van der Waals surface area contributed by atoms with Crippen molar-refractivity contribution in [3.8, 4) is 5.75 Å². The van der Waals surface area contributed by atoms with Gasteiger partial charge in [-0.05, 0) is 73.9 Å². The van der Waals surface area contributed by atoms with Gasteiger partial charge in [0.25, 0.3) is 5.91 Å². The lowest BCUT2D eigenvalue weighted by Crippen LogP contribution is -2.30. The number of hydrogen-bond donors (Lipinski definition) is 0. The van der Waals surface area contributed by atoms with Crippen molar-refractivity contribution in [3.05, 3.63) is 99.0 Å². The summed E-state index contributed by atoms with van der Waals surface area (Å²) in [5, 5.41) is 0.471. The first-order valence-corrected chi connectivity index (χ1v) is 10.5. The van der Waals surface area contributed by atoms with E-state index in [1.807, 2.05) is 63.2 Å². The molecule has 0 bridgehead atoms. The molecular formula is C26H22N2O4. The molecule has 3 heterocycles. The Morgan fingerprint density at radius 2 is 1.78 bits per heavy atom. The molecule has 1 aliphatic heterocycles. The van der Waals surface area contributed by atoms with Crippen LogP contribution >= 0.6 is 0 Å². The molecule has 0 spiro atoms. The quantitative estimate of drug-likeness (QED) is 0.462. The van der Waals surface area contributed by atoms with E-state index >= 15 is 0 Å². The van der Waals surface area contributed by atoms with Crippen LogP contribution in [-0.2, 0) is 0 Å². The number of carbonyl (C=O) groups is 1. The SMILES string of the molecule is CCOc1ccc([C@H]2c3c(oc4cc(C)c(C)cc4c3=O)C(=O)N2c2ccccn2)cc1. The van der Waals surface area contributed by atoms with Crippen molar-refractivity contribution < 1.29 is 13.9 Å². The average molecular weight is 426 g/mol. The largest absolute Gasteiger partial charge is 0.494 e. The Bertz CT molecular complexity index is 1390. The van der Waals surface area contributed by atoms with Crippen LogP contribution in [0.15, 0.2) is 70.0 Å². The highest BCUT2D eigenvalue weighted by molar-refractivity contribution is 6.10. The maximum atomic E-state index is 13.7. The Morgan fingerprint density at radius 1 is 1.03 bits per heavy atom. The van der Waals surface area contributed by atoms with Crippen LogP contribution in [0, 0.1) is 13.8 Å². The van der Waals surface area contributed by atoms with Crippen LogP contribution in [0.25, 0.3) is 11.0 Å². The molecule has 5 rings (SSSR count). The van der Waals surface area contributed by atoms with Gasteiger partial charge in [0, 0.05) is 6.20 Å². The fraction of sp³-hybridized carbons (Fsp3) is 0.192. The third-order valence-corrected chi connectivity index (χ3v) is 5.89. The fourth-order valence-corrected chi connectivity index (χ4v) is 4.19. The van der Waals surface area contributed by atoms with Crippen molar-refractivity contribution in [2.75, 3.05) is 11.5 Å². The molecule has 0 unspecified atom stereocenters. The van der Waals surface area contributed by atoms with E-state index in [9.17, 15) is 9.59 Å². The highest BCUT2D eigenvalue weighted by atomic mass is 16.5. The van der Waals surface area contributed by atoms with Gasteiger partial charge in [0.05, 0.1) is 23.6 Å². The molecule has 0 radical (unpaired) electrons. The van der Waals surface area contributed by atoms with Crippen LogP contribution in [0.1, 0.15) is 45.8 Å². The predicted octanol–water partition coefficient (Wildman–Crippen LogP) is 4.95. The highest BCUT2D eigenvalue weighted by Gasteiger charge is 2.44. The molecule has 0 fully saturated rings. The van der Waals surface area contributed by atoms with Crippen molar-refractivity contribution in [2.45, 2.75) is 26.8 Å². The van der Waals surface area contributed by atoms with Crippen molar-refractivity contribution >= 4 is 22.7 Å². The lowest BCUT2D eigenvalue weighted by Gasteiger charge is -2.24. The number of amides is 1. The average Bonchev–Trinajstić information content (AvgIpc) is 3.09. The summed E-state index contributed by atoms with van der Waals surface area (Å²) in [6.07, 6.45) is 1.62. The van der Waals surface area contributed by atoms with E-state index < -0.39 is 6.04 Å². The second kappa shape index (κ2) is 7.64. The Labute approximate surface area is 185 Å². The summed E-state index contributed by atoms with van der Waals surface area (Å²) >= 11 is 0. The van der Waals surface area contributed by atoms with Gasteiger partial charge in [-0.15, -0.1) is 0 Å². The Balaban J connectivity index is 1.77. The molecule has 4 aromatic rings. The molecule has 0 N–H and O–H groups in total. The minimum atomic E-state index is -0.648. The van der Waals surface area contributed by atoms with E-state index in [4.69, 9.17) is 9.15 Å². The zero-order chi connectivity index (χ0) is 22.4. The van der Waals surface area contributed by atoms with Crippen LogP contribution in [0.4, 0.5) is 5.82 Å². The number of nitrogens with zero attached hydrogens (tertiary/aromatic N) is 2. The molecule has 160 valence electrons. The topological polar surface area (TPSA) is 72.6 Å². The molecule has 1 amide bonds. The van der Waals surface area contributed by atoms with Gasteiger partial charge in [-0.25, -0.2) is 4.98 Å². The standard InChI is InChI=1S/C26H22N2O4/c1-4-31-18-10-8-17(9-11-18)23-22-24(29)19-13-15(2)16(3)14-20(19)32-25(22)26(30)28(23)21-7-5-6-12-27-21/h5-14,23H,4H2,1-3H3/t23-/m0/s1. The minimum absolute atomic E-state index is 0.0651. The van der Waals surface area contributed by atoms with E-state index in [1.54, 1.807) is 18.3 Å². The van der Waals surface area contributed by atoms with Gasteiger partial charge < -0.3 is 9.15 Å².